The van der Waals surface area contributed by atoms with Gasteiger partial charge in [-0.1, -0.05) is 0 Å². The van der Waals surface area contributed by atoms with Crippen molar-refractivity contribution in [1.29, 1.82) is 0 Å². The standard InChI is InChI=1S/C14H10F3N3O/c15-14(16,17)21-11-4-2-10(3-5-11)19-12-6-1-9-7-8-18-13(9)20-12/h1-8H,(H2,18,19,20). The third-order valence-corrected chi connectivity index (χ3v) is 2.77. The Labute approximate surface area is 117 Å². The van der Waals surface area contributed by atoms with Crippen LogP contribution in [0.4, 0.5) is 24.7 Å². The Balaban J connectivity index is 1.75. The Bertz CT molecular complexity index is 750. The summed E-state index contributed by atoms with van der Waals surface area (Å²) < 4.78 is 40.0. The van der Waals surface area contributed by atoms with E-state index in [9.17, 15) is 13.2 Å². The summed E-state index contributed by atoms with van der Waals surface area (Å²) in [6.45, 7) is 0. The molecule has 108 valence electrons. The molecule has 2 aromatic heterocycles. The van der Waals surface area contributed by atoms with Crippen LogP contribution in [0, 0.1) is 0 Å². The zero-order valence-corrected chi connectivity index (χ0v) is 10.6. The first-order valence-electron chi connectivity index (χ1n) is 6.07. The van der Waals surface area contributed by atoms with Gasteiger partial charge >= 0.3 is 6.36 Å². The number of hydrogen-bond acceptors (Lipinski definition) is 3. The molecule has 0 aliphatic carbocycles. The van der Waals surface area contributed by atoms with Gasteiger partial charge < -0.3 is 15.0 Å². The third kappa shape index (κ3) is 3.25. The minimum Gasteiger partial charge on any atom is -0.406 e. The van der Waals surface area contributed by atoms with E-state index >= 15 is 0 Å². The van der Waals surface area contributed by atoms with Gasteiger partial charge in [-0.05, 0) is 42.5 Å². The van der Waals surface area contributed by atoms with Crippen LogP contribution < -0.4 is 10.1 Å². The predicted octanol–water partition coefficient (Wildman–Crippen LogP) is 4.21. The summed E-state index contributed by atoms with van der Waals surface area (Å²) in [4.78, 5) is 7.32. The Morgan fingerprint density at radius 3 is 2.48 bits per heavy atom. The van der Waals surface area contributed by atoms with Gasteiger partial charge in [0.2, 0.25) is 0 Å². The third-order valence-electron chi connectivity index (χ3n) is 2.77. The van der Waals surface area contributed by atoms with Crippen LogP contribution >= 0.6 is 0 Å². The number of nitrogens with one attached hydrogen (secondary N) is 2. The van der Waals surface area contributed by atoms with Crippen molar-refractivity contribution in [3.05, 3.63) is 48.7 Å². The molecule has 2 heterocycles. The van der Waals surface area contributed by atoms with E-state index in [-0.39, 0.29) is 5.75 Å². The molecule has 4 nitrogen and oxygen atoms in total. The van der Waals surface area contributed by atoms with E-state index in [1.165, 1.54) is 24.3 Å². The quantitative estimate of drug-likeness (QED) is 0.760. The SMILES string of the molecule is FC(F)(F)Oc1ccc(Nc2ccc3cc[nH]c3n2)cc1. The van der Waals surface area contributed by atoms with Crippen LogP contribution in [0.3, 0.4) is 0 Å². The number of H-pyrrole nitrogens is 1. The smallest absolute Gasteiger partial charge is 0.406 e. The molecule has 0 saturated carbocycles. The van der Waals surface area contributed by atoms with Crippen LogP contribution in [0.15, 0.2) is 48.7 Å². The normalized spacial score (nSPS) is 11.6. The Morgan fingerprint density at radius 2 is 1.76 bits per heavy atom. The first kappa shape index (κ1) is 13.3. The number of anilines is 2. The van der Waals surface area contributed by atoms with Gasteiger partial charge in [0.15, 0.2) is 0 Å². The lowest BCUT2D eigenvalue weighted by Gasteiger charge is -2.10. The van der Waals surface area contributed by atoms with Gasteiger partial charge in [-0.15, -0.1) is 13.2 Å². The molecule has 0 atom stereocenters. The summed E-state index contributed by atoms with van der Waals surface area (Å²) in [5.74, 6) is 0.329. The number of rotatable bonds is 3. The maximum Gasteiger partial charge on any atom is 0.573 e. The van der Waals surface area contributed by atoms with Crippen molar-refractivity contribution in [2.75, 3.05) is 5.32 Å². The Kier molecular flexibility index (Phi) is 3.17. The molecule has 2 N–H and O–H groups in total. The molecule has 0 bridgehead atoms. The second kappa shape index (κ2) is 5.01. The molecule has 21 heavy (non-hydrogen) atoms. The number of hydrogen-bond donors (Lipinski definition) is 2. The molecule has 1 aromatic carbocycles. The van der Waals surface area contributed by atoms with Crippen molar-refractivity contribution >= 4 is 22.5 Å². The minimum absolute atomic E-state index is 0.263. The predicted molar refractivity (Wildman–Crippen MR) is 72.5 cm³/mol. The first-order chi connectivity index (χ1) is 9.99. The minimum atomic E-state index is -4.69. The van der Waals surface area contributed by atoms with E-state index in [2.05, 4.69) is 20.0 Å². The molecular weight excluding hydrogens is 283 g/mol. The van der Waals surface area contributed by atoms with E-state index in [1.807, 2.05) is 12.1 Å². The second-order valence-electron chi connectivity index (χ2n) is 4.31. The molecule has 0 saturated heterocycles. The number of fused-ring (bicyclic) bond motifs is 1. The van der Waals surface area contributed by atoms with Crippen LogP contribution in [0.25, 0.3) is 11.0 Å². The largest absolute Gasteiger partial charge is 0.573 e. The van der Waals surface area contributed by atoms with Crippen LogP contribution in [-0.2, 0) is 0 Å². The van der Waals surface area contributed by atoms with Crippen molar-refractivity contribution in [2.24, 2.45) is 0 Å². The molecule has 0 radical (unpaired) electrons. The van der Waals surface area contributed by atoms with Crippen LogP contribution in [-0.4, -0.2) is 16.3 Å². The highest BCUT2D eigenvalue weighted by Gasteiger charge is 2.30. The molecule has 3 rings (SSSR count). The average Bonchev–Trinajstić information content (AvgIpc) is 2.87. The van der Waals surface area contributed by atoms with Gasteiger partial charge in [0.25, 0.3) is 0 Å². The van der Waals surface area contributed by atoms with Crippen molar-refractivity contribution < 1.29 is 17.9 Å². The number of pyridine rings is 1. The summed E-state index contributed by atoms with van der Waals surface area (Å²) >= 11 is 0. The van der Waals surface area contributed by atoms with Gasteiger partial charge in [0.1, 0.15) is 17.2 Å². The lowest BCUT2D eigenvalue weighted by Crippen LogP contribution is -2.16. The zero-order chi connectivity index (χ0) is 14.9. The molecular formula is C14H10F3N3O. The average molecular weight is 293 g/mol. The van der Waals surface area contributed by atoms with Gasteiger partial charge in [0.05, 0.1) is 0 Å². The van der Waals surface area contributed by atoms with Crippen molar-refractivity contribution in [3.63, 3.8) is 0 Å². The van der Waals surface area contributed by atoms with Gasteiger partial charge in [-0.3, -0.25) is 0 Å². The molecule has 3 aromatic rings. The molecule has 0 amide bonds. The molecule has 0 aliphatic heterocycles. The number of halogens is 3. The van der Waals surface area contributed by atoms with Crippen LogP contribution in [0.2, 0.25) is 0 Å². The van der Waals surface area contributed by atoms with Crippen LogP contribution in [0.5, 0.6) is 5.75 Å². The van der Waals surface area contributed by atoms with Gasteiger partial charge in [-0.25, -0.2) is 4.98 Å². The highest BCUT2D eigenvalue weighted by molar-refractivity contribution is 5.77. The summed E-state index contributed by atoms with van der Waals surface area (Å²) in [7, 11) is 0. The van der Waals surface area contributed by atoms with E-state index in [1.54, 1.807) is 12.3 Å². The highest BCUT2D eigenvalue weighted by atomic mass is 19.4. The van der Waals surface area contributed by atoms with E-state index in [4.69, 9.17) is 0 Å². The van der Waals surface area contributed by atoms with E-state index in [0.29, 0.717) is 11.5 Å². The molecule has 0 aliphatic rings. The monoisotopic (exact) mass is 293 g/mol. The number of aromatic amines is 1. The van der Waals surface area contributed by atoms with Crippen molar-refractivity contribution in [2.45, 2.75) is 6.36 Å². The molecule has 0 spiro atoms. The maximum absolute atomic E-state index is 12.1. The first-order valence-corrected chi connectivity index (χ1v) is 6.07. The fourth-order valence-corrected chi connectivity index (χ4v) is 1.89. The van der Waals surface area contributed by atoms with E-state index in [0.717, 1.165) is 11.0 Å². The fourth-order valence-electron chi connectivity index (χ4n) is 1.89. The number of aromatic nitrogens is 2. The second-order valence-corrected chi connectivity index (χ2v) is 4.31. The van der Waals surface area contributed by atoms with Crippen molar-refractivity contribution in [1.82, 2.24) is 9.97 Å². The topological polar surface area (TPSA) is 49.9 Å². The summed E-state index contributed by atoms with van der Waals surface area (Å²) in [6.07, 6.45) is -2.90. The number of alkyl halides is 3. The highest BCUT2D eigenvalue weighted by Crippen LogP contribution is 2.25. The van der Waals surface area contributed by atoms with Gasteiger partial charge in [-0.2, -0.15) is 0 Å². The molecule has 7 heteroatoms. The summed E-state index contributed by atoms with van der Waals surface area (Å²) in [5.41, 5.74) is 1.35. The summed E-state index contributed by atoms with van der Waals surface area (Å²) in [6, 6.07) is 11.0. The Morgan fingerprint density at radius 1 is 1.00 bits per heavy atom. The Hall–Kier alpha value is -2.70. The lowest BCUT2D eigenvalue weighted by atomic mass is 10.3. The lowest BCUT2D eigenvalue weighted by molar-refractivity contribution is -0.274. The number of ether oxygens (including phenoxy) is 1. The molecule has 0 unspecified atom stereocenters. The number of nitrogens with zero attached hydrogens (tertiary/aromatic N) is 1. The number of benzene rings is 1. The molecule has 0 fully saturated rings. The van der Waals surface area contributed by atoms with Crippen LogP contribution in [0.1, 0.15) is 0 Å². The van der Waals surface area contributed by atoms with Gasteiger partial charge in [0, 0.05) is 17.3 Å². The van der Waals surface area contributed by atoms with E-state index < -0.39 is 6.36 Å². The maximum atomic E-state index is 12.1. The zero-order valence-electron chi connectivity index (χ0n) is 10.6. The fraction of sp³-hybridized carbons (Fsp3) is 0.0714. The van der Waals surface area contributed by atoms with Crippen molar-refractivity contribution in [3.8, 4) is 5.75 Å². The summed E-state index contributed by atoms with van der Waals surface area (Å²) in [5, 5.41) is 3.99.